The zero-order valence-corrected chi connectivity index (χ0v) is 11.5. The predicted molar refractivity (Wildman–Crippen MR) is 76.0 cm³/mol. The molecular formula is C15H20N4O. The molecule has 1 aromatic heterocycles. The van der Waals surface area contributed by atoms with E-state index in [4.69, 9.17) is 10.3 Å². The molecule has 1 aromatic carbocycles. The monoisotopic (exact) mass is 272 g/mol. The van der Waals surface area contributed by atoms with Crippen molar-refractivity contribution in [3.05, 3.63) is 47.6 Å². The van der Waals surface area contributed by atoms with Gasteiger partial charge in [-0.25, -0.2) is 0 Å². The third-order valence-corrected chi connectivity index (χ3v) is 3.82. The Hall–Kier alpha value is -1.72. The number of aromatic nitrogens is 2. The number of hydrogen-bond donors (Lipinski definition) is 1. The van der Waals surface area contributed by atoms with Gasteiger partial charge < -0.3 is 10.3 Å². The van der Waals surface area contributed by atoms with E-state index < -0.39 is 0 Å². The fourth-order valence-corrected chi connectivity index (χ4v) is 2.75. The first-order valence-corrected chi connectivity index (χ1v) is 7.14. The lowest BCUT2D eigenvalue weighted by Gasteiger charge is -2.20. The van der Waals surface area contributed by atoms with E-state index in [0.717, 1.165) is 12.4 Å². The van der Waals surface area contributed by atoms with Crippen molar-refractivity contribution in [3.63, 3.8) is 0 Å². The Labute approximate surface area is 118 Å². The molecule has 0 spiro atoms. The molecule has 0 aliphatic carbocycles. The summed E-state index contributed by atoms with van der Waals surface area (Å²) in [7, 11) is 0. The van der Waals surface area contributed by atoms with Crippen molar-refractivity contribution in [2.24, 2.45) is 5.73 Å². The van der Waals surface area contributed by atoms with E-state index in [9.17, 15) is 0 Å². The van der Waals surface area contributed by atoms with Crippen LogP contribution >= 0.6 is 0 Å². The van der Waals surface area contributed by atoms with Crippen molar-refractivity contribution in [3.8, 4) is 0 Å². The van der Waals surface area contributed by atoms with Crippen LogP contribution in [0.25, 0.3) is 0 Å². The average Bonchev–Trinajstić information content (AvgIpc) is 3.10. The molecule has 1 unspecified atom stereocenters. The first-order valence-electron chi connectivity index (χ1n) is 7.14. The summed E-state index contributed by atoms with van der Waals surface area (Å²) in [6.45, 7) is 2.48. The lowest BCUT2D eigenvalue weighted by molar-refractivity contribution is 0.214. The number of nitrogens with two attached hydrogens (primary N) is 1. The van der Waals surface area contributed by atoms with Gasteiger partial charge in [-0.1, -0.05) is 35.5 Å². The summed E-state index contributed by atoms with van der Waals surface area (Å²) in [5.41, 5.74) is 6.97. The Morgan fingerprint density at radius 1 is 1.30 bits per heavy atom. The molecular weight excluding hydrogens is 252 g/mol. The van der Waals surface area contributed by atoms with Gasteiger partial charge in [0.1, 0.15) is 0 Å². The molecule has 1 atom stereocenters. The number of likely N-dealkylation sites (tertiary alicyclic amines) is 1. The third kappa shape index (κ3) is 3.05. The quantitative estimate of drug-likeness (QED) is 0.895. The summed E-state index contributed by atoms with van der Waals surface area (Å²) in [4.78, 5) is 6.81. The SMILES string of the molecule is NCC1CCCN1Cc1nc(Cc2ccccc2)no1. The second kappa shape index (κ2) is 6.15. The van der Waals surface area contributed by atoms with Gasteiger partial charge in [0.2, 0.25) is 5.89 Å². The van der Waals surface area contributed by atoms with E-state index >= 15 is 0 Å². The lowest BCUT2D eigenvalue weighted by Crippen LogP contribution is -2.34. The van der Waals surface area contributed by atoms with E-state index in [1.54, 1.807) is 0 Å². The molecule has 2 heterocycles. The summed E-state index contributed by atoms with van der Waals surface area (Å²) in [6.07, 6.45) is 3.08. The highest BCUT2D eigenvalue weighted by Gasteiger charge is 2.24. The Morgan fingerprint density at radius 2 is 2.15 bits per heavy atom. The van der Waals surface area contributed by atoms with Crippen molar-refractivity contribution in [1.29, 1.82) is 0 Å². The van der Waals surface area contributed by atoms with Crippen molar-refractivity contribution in [2.75, 3.05) is 13.1 Å². The van der Waals surface area contributed by atoms with E-state index in [2.05, 4.69) is 27.2 Å². The van der Waals surface area contributed by atoms with Gasteiger partial charge in [-0.3, -0.25) is 4.90 Å². The van der Waals surface area contributed by atoms with Crippen LogP contribution in [0.4, 0.5) is 0 Å². The maximum atomic E-state index is 5.78. The molecule has 0 amide bonds. The molecule has 2 aromatic rings. The minimum Gasteiger partial charge on any atom is -0.338 e. The molecule has 1 aliphatic rings. The van der Waals surface area contributed by atoms with Crippen molar-refractivity contribution >= 4 is 0 Å². The van der Waals surface area contributed by atoms with Gasteiger partial charge in [-0.15, -0.1) is 0 Å². The van der Waals surface area contributed by atoms with Crippen molar-refractivity contribution in [1.82, 2.24) is 15.0 Å². The highest BCUT2D eigenvalue weighted by atomic mass is 16.5. The lowest BCUT2D eigenvalue weighted by atomic mass is 10.1. The minimum absolute atomic E-state index is 0.458. The molecule has 106 valence electrons. The topological polar surface area (TPSA) is 68.2 Å². The molecule has 0 saturated carbocycles. The highest BCUT2D eigenvalue weighted by Crippen LogP contribution is 2.18. The van der Waals surface area contributed by atoms with Crippen LogP contribution < -0.4 is 5.73 Å². The van der Waals surface area contributed by atoms with Crippen molar-refractivity contribution < 1.29 is 4.52 Å². The molecule has 20 heavy (non-hydrogen) atoms. The molecule has 2 N–H and O–H groups in total. The average molecular weight is 272 g/mol. The summed E-state index contributed by atoms with van der Waals surface area (Å²) < 4.78 is 5.35. The summed E-state index contributed by atoms with van der Waals surface area (Å²) in [5, 5.41) is 4.06. The van der Waals surface area contributed by atoms with Crippen LogP contribution in [-0.4, -0.2) is 34.2 Å². The Kier molecular flexibility index (Phi) is 4.08. The molecule has 1 fully saturated rings. The fourth-order valence-electron chi connectivity index (χ4n) is 2.75. The number of hydrogen-bond acceptors (Lipinski definition) is 5. The van der Waals surface area contributed by atoms with Gasteiger partial charge in [0, 0.05) is 19.0 Å². The summed E-state index contributed by atoms with van der Waals surface area (Å²) in [5.74, 6) is 1.44. The van der Waals surface area contributed by atoms with Crippen LogP contribution in [-0.2, 0) is 13.0 Å². The Balaban J connectivity index is 1.62. The van der Waals surface area contributed by atoms with Crippen LogP contribution in [0.15, 0.2) is 34.9 Å². The second-order valence-electron chi connectivity index (χ2n) is 5.27. The van der Waals surface area contributed by atoms with Gasteiger partial charge in [0.05, 0.1) is 6.54 Å². The zero-order chi connectivity index (χ0) is 13.8. The van der Waals surface area contributed by atoms with Crippen LogP contribution in [0.2, 0.25) is 0 Å². The maximum absolute atomic E-state index is 5.78. The van der Waals surface area contributed by atoms with Gasteiger partial charge in [-0.05, 0) is 24.9 Å². The fraction of sp³-hybridized carbons (Fsp3) is 0.467. The zero-order valence-electron chi connectivity index (χ0n) is 11.5. The van der Waals surface area contributed by atoms with Gasteiger partial charge in [0.15, 0.2) is 5.82 Å². The van der Waals surface area contributed by atoms with Gasteiger partial charge in [-0.2, -0.15) is 4.98 Å². The van der Waals surface area contributed by atoms with E-state index in [1.165, 1.54) is 18.4 Å². The van der Waals surface area contributed by atoms with Crippen LogP contribution in [0.1, 0.15) is 30.1 Å². The Bertz CT molecular complexity index is 540. The van der Waals surface area contributed by atoms with Crippen LogP contribution in [0.3, 0.4) is 0 Å². The first-order chi connectivity index (χ1) is 9.85. The molecule has 1 aliphatic heterocycles. The molecule has 1 saturated heterocycles. The maximum Gasteiger partial charge on any atom is 0.240 e. The molecule has 3 rings (SSSR count). The number of rotatable bonds is 5. The van der Waals surface area contributed by atoms with E-state index in [1.807, 2.05) is 18.2 Å². The molecule has 0 radical (unpaired) electrons. The molecule has 5 heteroatoms. The predicted octanol–water partition coefficient (Wildman–Crippen LogP) is 1.58. The van der Waals surface area contributed by atoms with E-state index in [0.29, 0.717) is 31.4 Å². The van der Waals surface area contributed by atoms with Crippen LogP contribution in [0.5, 0.6) is 0 Å². The summed E-state index contributed by atoms with van der Waals surface area (Å²) >= 11 is 0. The largest absolute Gasteiger partial charge is 0.338 e. The smallest absolute Gasteiger partial charge is 0.240 e. The molecule has 0 bridgehead atoms. The van der Waals surface area contributed by atoms with E-state index in [-0.39, 0.29) is 0 Å². The van der Waals surface area contributed by atoms with Crippen molar-refractivity contribution in [2.45, 2.75) is 31.8 Å². The highest BCUT2D eigenvalue weighted by molar-refractivity contribution is 5.18. The third-order valence-electron chi connectivity index (χ3n) is 3.82. The Morgan fingerprint density at radius 3 is 2.95 bits per heavy atom. The van der Waals surface area contributed by atoms with Crippen LogP contribution in [0, 0.1) is 0 Å². The normalized spacial score (nSPS) is 19.6. The molecule has 5 nitrogen and oxygen atoms in total. The second-order valence-corrected chi connectivity index (χ2v) is 5.27. The standard InChI is InChI=1S/C15H20N4O/c16-10-13-7-4-8-19(13)11-15-17-14(18-20-15)9-12-5-2-1-3-6-12/h1-3,5-6,13H,4,7-11,16H2. The van der Waals surface area contributed by atoms with Gasteiger partial charge in [0.25, 0.3) is 0 Å². The minimum atomic E-state index is 0.458. The summed E-state index contributed by atoms with van der Waals surface area (Å²) in [6, 6.07) is 10.6. The number of benzene rings is 1. The number of nitrogens with zero attached hydrogens (tertiary/aromatic N) is 3. The van der Waals surface area contributed by atoms with Gasteiger partial charge >= 0.3 is 0 Å². The first kappa shape index (κ1) is 13.3.